The van der Waals surface area contributed by atoms with E-state index >= 15 is 0 Å². The Kier molecular flexibility index (Phi) is 8.50. The maximum atomic E-state index is 11.8. The molecule has 25 heavy (non-hydrogen) atoms. The van der Waals surface area contributed by atoms with Crippen LogP contribution >= 0.6 is 0 Å². The standard InChI is InChI=1S/C21H33N3O/c1-3-5-6-7-8-9-12-16-24-19-15-11-10-14-18(19)23-20(24)17-22-21(25)13-4-2/h10-11,14-15H,3-9,12-13,16-17H2,1-2H3,(H,22,25). The van der Waals surface area contributed by atoms with Crippen LogP contribution in [0.1, 0.15) is 77.5 Å². The molecule has 4 heteroatoms. The molecule has 0 fully saturated rings. The molecular weight excluding hydrogens is 310 g/mol. The predicted molar refractivity (Wildman–Crippen MR) is 104 cm³/mol. The number of nitrogens with one attached hydrogen (secondary N) is 1. The van der Waals surface area contributed by atoms with E-state index in [-0.39, 0.29) is 5.91 Å². The SMILES string of the molecule is CCCCCCCCCn1c(CNC(=O)CCC)nc2ccccc21. The summed E-state index contributed by atoms with van der Waals surface area (Å²) in [7, 11) is 0. The van der Waals surface area contributed by atoms with E-state index in [0.29, 0.717) is 13.0 Å². The van der Waals surface area contributed by atoms with E-state index in [9.17, 15) is 4.79 Å². The number of benzene rings is 1. The highest BCUT2D eigenvalue weighted by Gasteiger charge is 2.11. The zero-order valence-corrected chi connectivity index (χ0v) is 15.9. The van der Waals surface area contributed by atoms with Crippen molar-refractivity contribution >= 4 is 16.9 Å². The molecular formula is C21H33N3O. The number of hydrogen-bond donors (Lipinski definition) is 1. The van der Waals surface area contributed by atoms with Gasteiger partial charge in [-0.3, -0.25) is 4.79 Å². The van der Waals surface area contributed by atoms with Crippen LogP contribution in [0.25, 0.3) is 11.0 Å². The van der Waals surface area contributed by atoms with Gasteiger partial charge in [-0.25, -0.2) is 4.98 Å². The first-order chi connectivity index (χ1) is 12.3. The van der Waals surface area contributed by atoms with Gasteiger partial charge in [-0.1, -0.05) is 64.5 Å². The number of unbranched alkanes of at least 4 members (excludes halogenated alkanes) is 6. The molecule has 1 amide bonds. The maximum Gasteiger partial charge on any atom is 0.220 e. The Morgan fingerprint density at radius 3 is 2.48 bits per heavy atom. The van der Waals surface area contributed by atoms with Gasteiger partial charge in [0.05, 0.1) is 17.6 Å². The van der Waals surface area contributed by atoms with E-state index < -0.39 is 0 Å². The van der Waals surface area contributed by atoms with E-state index in [1.165, 1.54) is 50.5 Å². The van der Waals surface area contributed by atoms with Crippen LogP contribution in [-0.4, -0.2) is 15.5 Å². The Morgan fingerprint density at radius 2 is 1.72 bits per heavy atom. The molecule has 0 aliphatic rings. The fourth-order valence-electron chi connectivity index (χ4n) is 3.23. The molecule has 0 bridgehead atoms. The van der Waals surface area contributed by atoms with Gasteiger partial charge in [-0.15, -0.1) is 0 Å². The first-order valence-electron chi connectivity index (χ1n) is 9.97. The summed E-state index contributed by atoms with van der Waals surface area (Å²) >= 11 is 0. The normalized spacial score (nSPS) is 11.1. The van der Waals surface area contributed by atoms with E-state index in [2.05, 4.69) is 28.9 Å². The molecule has 1 aromatic heterocycles. The lowest BCUT2D eigenvalue weighted by Gasteiger charge is -2.10. The average molecular weight is 344 g/mol. The Balaban J connectivity index is 1.93. The molecule has 138 valence electrons. The van der Waals surface area contributed by atoms with Gasteiger partial charge in [0.15, 0.2) is 0 Å². The first-order valence-corrected chi connectivity index (χ1v) is 9.97. The van der Waals surface area contributed by atoms with Crippen LogP contribution in [0.3, 0.4) is 0 Å². The molecule has 1 aromatic carbocycles. The van der Waals surface area contributed by atoms with Gasteiger partial charge in [0.1, 0.15) is 5.82 Å². The summed E-state index contributed by atoms with van der Waals surface area (Å²) in [6.07, 6.45) is 10.6. The number of para-hydroxylation sites is 2. The lowest BCUT2D eigenvalue weighted by Crippen LogP contribution is -2.24. The molecule has 0 radical (unpaired) electrons. The van der Waals surface area contributed by atoms with E-state index in [1.807, 2.05) is 19.1 Å². The van der Waals surface area contributed by atoms with Crippen LogP contribution in [0.15, 0.2) is 24.3 Å². The number of carbonyl (C=O) groups is 1. The van der Waals surface area contributed by atoms with Gasteiger partial charge in [-0.2, -0.15) is 0 Å². The molecule has 0 aliphatic heterocycles. The number of aromatic nitrogens is 2. The topological polar surface area (TPSA) is 46.9 Å². The third-order valence-electron chi connectivity index (χ3n) is 4.64. The van der Waals surface area contributed by atoms with Crippen LogP contribution in [-0.2, 0) is 17.9 Å². The zero-order valence-electron chi connectivity index (χ0n) is 15.9. The fraction of sp³-hybridized carbons (Fsp3) is 0.619. The van der Waals surface area contributed by atoms with Gasteiger partial charge >= 0.3 is 0 Å². The van der Waals surface area contributed by atoms with E-state index in [0.717, 1.165) is 24.3 Å². The lowest BCUT2D eigenvalue weighted by atomic mass is 10.1. The summed E-state index contributed by atoms with van der Waals surface area (Å²) < 4.78 is 2.29. The number of nitrogens with zero attached hydrogens (tertiary/aromatic N) is 2. The van der Waals surface area contributed by atoms with Crippen molar-refractivity contribution in [3.63, 3.8) is 0 Å². The predicted octanol–water partition coefficient (Wildman–Crippen LogP) is 5.20. The molecule has 2 aromatic rings. The van der Waals surface area contributed by atoms with Crippen LogP contribution in [0.4, 0.5) is 0 Å². The van der Waals surface area contributed by atoms with Gasteiger partial charge in [-0.05, 0) is 25.0 Å². The molecule has 0 saturated carbocycles. The molecule has 0 atom stereocenters. The van der Waals surface area contributed by atoms with Gasteiger partial charge in [0.2, 0.25) is 5.91 Å². The summed E-state index contributed by atoms with van der Waals surface area (Å²) in [6, 6.07) is 8.26. The monoisotopic (exact) mass is 343 g/mol. The Morgan fingerprint density at radius 1 is 1.00 bits per heavy atom. The number of amides is 1. The summed E-state index contributed by atoms with van der Waals surface area (Å²) in [5.41, 5.74) is 2.19. The molecule has 0 saturated heterocycles. The Hall–Kier alpha value is -1.84. The third kappa shape index (κ3) is 6.18. The molecule has 0 aliphatic carbocycles. The van der Waals surface area contributed by atoms with E-state index in [1.54, 1.807) is 0 Å². The minimum Gasteiger partial charge on any atom is -0.349 e. The Labute approximate surface area is 152 Å². The summed E-state index contributed by atoms with van der Waals surface area (Å²) in [4.78, 5) is 16.5. The molecule has 1 heterocycles. The van der Waals surface area contributed by atoms with Crippen molar-refractivity contribution in [3.8, 4) is 0 Å². The largest absolute Gasteiger partial charge is 0.349 e. The highest BCUT2D eigenvalue weighted by atomic mass is 16.1. The number of imidazole rings is 1. The highest BCUT2D eigenvalue weighted by molar-refractivity contribution is 5.77. The van der Waals surface area contributed by atoms with Gasteiger partial charge < -0.3 is 9.88 Å². The molecule has 1 N–H and O–H groups in total. The van der Waals surface area contributed by atoms with Gasteiger partial charge in [0.25, 0.3) is 0 Å². The first kappa shape index (κ1) is 19.5. The van der Waals surface area contributed by atoms with Crippen molar-refractivity contribution in [2.24, 2.45) is 0 Å². The highest BCUT2D eigenvalue weighted by Crippen LogP contribution is 2.18. The molecule has 0 unspecified atom stereocenters. The average Bonchev–Trinajstić information content (AvgIpc) is 2.97. The third-order valence-corrected chi connectivity index (χ3v) is 4.64. The minimum absolute atomic E-state index is 0.108. The second-order valence-electron chi connectivity index (χ2n) is 6.82. The van der Waals surface area contributed by atoms with Gasteiger partial charge in [0, 0.05) is 13.0 Å². The second kappa shape index (κ2) is 10.9. The summed E-state index contributed by atoms with van der Waals surface area (Å²) in [5, 5.41) is 3.00. The van der Waals surface area contributed by atoms with Crippen molar-refractivity contribution in [2.45, 2.75) is 84.7 Å². The number of aryl methyl sites for hydroxylation is 1. The van der Waals surface area contributed by atoms with E-state index in [4.69, 9.17) is 4.98 Å². The Bertz CT molecular complexity index is 648. The lowest BCUT2D eigenvalue weighted by molar-refractivity contribution is -0.121. The maximum absolute atomic E-state index is 11.8. The fourth-order valence-corrected chi connectivity index (χ4v) is 3.23. The number of fused-ring (bicyclic) bond motifs is 1. The number of carbonyl (C=O) groups excluding carboxylic acids is 1. The van der Waals surface area contributed by atoms with Crippen molar-refractivity contribution in [1.29, 1.82) is 0 Å². The number of hydrogen-bond acceptors (Lipinski definition) is 2. The summed E-state index contributed by atoms with van der Waals surface area (Å²) in [6.45, 7) is 5.78. The minimum atomic E-state index is 0.108. The quantitative estimate of drug-likeness (QED) is 0.538. The van der Waals surface area contributed by atoms with Crippen molar-refractivity contribution in [3.05, 3.63) is 30.1 Å². The van der Waals surface area contributed by atoms with Crippen LogP contribution < -0.4 is 5.32 Å². The smallest absolute Gasteiger partial charge is 0.220 e. The molecule has 4 nitrogen and oxygen atoms in total. The van der Waals surface area contributed by atoms with Crippen LogP contribution in [0.5, 0.6) is 0 Å². The van der Waals surface area contributed by atoms with Crippen molar-refractivity contribution < 1.29 is 4.79 Å². The van der Waals surface area contributed by atoms with Crippen molar-refractivity contribution in [1.82, 2.24) is 14.9 Å². The number of rotatable bonds is 12. The molecule has 2 rings (SSSR count). The van der Waals surface area contributed by atoms with Crippen molar-refractivity contribution in [2.75, 3.05) is 0 Å². The zero-order chi connectivity index (χ0) is 17.9. The van der Waals surface area contributed by atoms with Crippen LogP contribution in [0.2, 0.25) is 0 Å². The second-order valence-corrected chi connectivity index (χ2v) is 6.82. The summed E-state index contributed by atoms with van der Waals surface area (Å²) in [5.74, 6) is 1.08. The molecule has 0 spiro atoms. The van der Waals surface area contributed by atoms with Crippen LogP contribution in [0, 0.1) is 0 Å².